The molecule has 0 spiro atoms. The van der Waals surface area contributed by atoms with Crippen LogP contribution >= 0.6 is 0 Å². The van der Waals surface area contributed by atoms with Crippen LogP contribution in [0.15, 0.2) is 66.5 Å². The molecule has 1 N–H and O–H groups in total. The molecule has 0 aliphatic rings. The molecule has 3 nitrogen and oxygen atoms in total. The van der Waals surface area contributed by atoms with E-state index in [2.05, 4.69) is 93.5 Å². The van der Waals surface area contributed by atoms with Crippen molar-refractivity contribution < 1.29 is 31.4 Å². The van der Waals surface area contributed by atoms with E-state index in [1.807, 2.05) is 27.7 Å². The average molecular weight is 950 g/mol. The number of fused-ring (bicyclic) bond motifs is 4. The van der Waals surface area contributed by atoms with Gasteiger partial charge in [-0.1, -0.05) is 27.7 Å². The summed E-state index contributed by atoms with van der Waals surface area (Å²) in [5, 5.41) is 14.5. The number of carbonyl (C=O) groups excluding carboxylic acids is 1. The third-order valence-electron chi connectivity index (χ3n) is 9.45. The Morgan fingerprint density at radius 1 is 0.958 bits per heavy atom. The van der Waals surface area contributed by atoms with Gasteiger partial charge >= 0.3 is 202 Å². The number of carbonyl (C=O) groups is 1. The van der Waals surface area contributed by atoms with Gasteiger partial charge in [0.25, 0.3) is 0 Å². The third-order valence-corrected chi connectivity index (χ3v) is 16.8. The Bertz CT molecular complexity index is 1960. The average Bonchev–Trinajstić information content (AvgIpc) is 3.43. The molecule has 0 aliphatic heterocycles. The van der Waals surface area contributed by atoms with Crippen LogP contribution in [0.2, 0.25) is 17.3 Å². The van der Waals surface area contributed by atoms with Gasteiger partial charge in [0.1, 0.15) is 0 Å². The molecule has 48 heavy (non-hydrogen) atoms. The number of aryl methyl sites for hydroxylation is 1. The number of aromatic nitrogens is 1. The van der Waals surface area contributed by atoms with E-state index in [1.54, 1.807) is 10.6 Å². The standard InChI is InChI=1S/C29H30GeNSe.C13H24O2.Ir/c1-18-25(30(5,6)7)13-12-22-23-14-15-31-26(28(23)32-27(18)22)20-16-19-10-8-9-11-21(19)24(17-20)29(2,3)4;1-5-10(6-2)12(14)9-13(15)11(7-3)8-4;/h8-15,17H,1-7H3;9-11,14H,5-8H2,1-4H3;/q-1;;/b;12-9-;/i14D;;. The summed E-state index contributed by atoms with van der Waals surface area (Å²) in [5.41, 5.74) is 4.85. The summed E-state index contributed by atoms with van der Waals surface area (Å²) >= 11 is -1.83. The number of allylic oxidation sites excluding steroid dienone is 2. The van der Waals surface area contributed by atoms with Crippen LogP contribution in [0, 0.1) is 24.8 Å². The molecule has 2 heterocycles. The smallest absolute Gasteiger partial charge is 0 e. The van der Waals surface area contributed by atoms with Crippen molar-refractivity contribution in [1.29, 1.82) is 0 Å². The molecule has 5 aromatic rings. The summed E-state index contributed by atoms with van der Waals surface area (Å²) in [7, 11) is 0. The van der Waals surface area contributed by atoms with Crippen molar-refractivity contribution >= 4 is 68.0 Å². The molecule has 0 unspecified atom stereocenters. The monoisotopic (exact) mass is 952 g/mol. The number of nitrogens with zero attached hydrogens (tertiary/aromatic N) is 1. The maximum atomic E-state index is 11.7. The van der Waals surface area contributed by atoms with Crippen LogP contribution < -0.4 is 4.40 Å². The van der Waals surface area contributed by atoms with Gasteiger partial charge in [-0.2, -0.15) is 0 Å². The first kappa shape index (κ1) is 38.8. The van der Waals surface area contributed by atoms with E-state index in [4.69, 9.17) is 6.35 Å². The molecule has 0 saturated heterocycles. The Balaban J connectivity index is 0.000000347. The first-order valence-corrected chi connectivity index (χ1v) is 26.3. The van der Waals surface area contributed by atoms with Crippen LogP contribution in [0.4, 0.5) is 0 Å². The number of ketones is 1. The maximum absolute atomic E-state index is 11.7. The fraction of sp³-hybridized carbons (Fsp3) is 0.429. The summed E-state index contributed by atoms with van der Waals surface area (Å²) in [6.45, 7) is 17.2. The van der Waals surface area contributed by atoms with Crippen molar-refractivity contribution in [3.8, 4) is 11.3 Å². The molecular weight excluding hydrogens is 894 g/mol. The first-order chi connectivity index (χ1) is 22.6. The molecule has 3 aromatic carbocycles. The van der Waals surface area contributed by atoms with Gasteiger partial charge in [0.2, 0.25) is 0 Å². The van der Waals surface area contributed by atoms with Gasteiger partial charge in [-0.25, -0.2) is 0 Å². The van der Waals surface area contributed by atoms with Crippen molar-refractivity contribution in [1.82, 2.24) is 4.98 Å². The number of hydrogen-bond acceptors (Lipinski definition) is 3. The molecule has 2 aromatic heterocycles. The van der Waals surface area contributed by atoms with Crippen LogP contribution in [-0.2, 0) is 30.3 Å². The fourth-order valence-electron chi connectivity index (χ4n) is 6.59. The number of hydrogen-bond donors (Lipinski definition) is 1. The SMILES string of the molecule is CCC(CC)C(=O)/C=C(\O)C(CC)CC.[2H]c1cnc(-c2[c-]c3ccccc3c(C(C)(C)C)c2)c2[se]c3c(C)[c]([Ge]([CH3])([CH3])[CH3])ccc3c12.[Ir]. The van der Waals surface area contributed by atoms with E-state index in [9.17, 15) is 9.90 Å². The minimum Gasteiger partial charge on any atom is 0 e. The largest absolute Gasteiger partial charge is 0 e. The van der Waals surface area contributed by atoms with E-state index in [0.29, 0.717) is 6.04 Å². The Morgan fingerprint density at radius 2 is 1.58 bits per heavy atom. The van der Waals surface area contributed by atoms with Crippen LogP contribution in [-0.4, -0.2) is 43.6 Å². The molecule has 0 saturated carbocycles. The molecule has 6 heteroatoms. The summed E-state index contributed by atoms with van der Waals surface area (Å²) in [5.74, 6) is 7.94. The second-order valence-corrected chi connectivity index (χ2v) is 27.5. The van der Waals surface area contributed by atoms with Gasteiger partial charge in [-0.05, 0) is 25.7 Å². The number of pyridine rings is 1. The second kappa shape index (κ2) is 16.8. The first-order valence-electron chi connectivity index (χ1n) is 17.8. The zero-order valence-electron chi connectivity index (χ0n) is 31.7. The van der Waals surface area contributed by atoms with E-state index >= 15 is 0 Å². The van der Waals surface area contributed by atoms with E-state index in [0.717, 1.165) is 47.7 Å². The zero-order chi connectivity index (χ0) is 35.6. The normalized spacial score (nSPS) is 12.8. The minimum atomic E-state index is -1.97. The van der Waals surface area contributed by atoms with Gasteiger partial charge in [-0.15, -0.1) is 0 Å². The maximum Gasteiger partial charge on any atom is 0 e. The predicted octanol–water partition coefficient (Wildman–Crippen LogP) is 11.1. The second-order valence-electron chi connectivity index (χ2n) is 14.8. The Labute approximate surface area is 312 Å². The summed E-state index contributed by atoms with van der Waals surface area (Å²) < 4.78 is 13.0. The van der Waals surface area contributed by atoms with Crippen molar-refractivity contribution in [2.24, 2.45) is 11.8 Å². The molecule has 0 atom stereocenters. The number of benzene rings is 3. The van der Waals surface area contributed by atoms with Crippen LogP contribution in [0.5, 0.6) is 0 Å². The zero-order valence-corrected chi connectivity index (χ0v) is 36.9. The molecule has 0 bridgehead atoms. The topological polar surface area (TPSA) is 50.2 Å². The number of aliphatic hydroxyl groups is 1. The molecule has 1 radical (unpaired) electrons. The molecule has 259 valence electrons. The summed E-state index contributed by atoms with van der Waals surface area (Å²) in [6, 6.07) is 19.7. The molecule has 0 fully saturated rings. The van der Waals surface area contributed by atoms with E-state index in [-0.39, 0.29) is 63.4 Å². The predicted molar refractivity (Wildman–Crippen MR) is 208 cm³/mol. The number of rotatable bonds is 9. The van der Waals surface area contributed by atoms with E-state index in [1.165, 1.54) is 36.5 Å². The molecule has 0 aliphatic carbocycles. The molecule has 5 rings (SSSR count). The quantitative estimate of drug-likeness (QED) is 0.0693. The minimum absolute atomic E-state index is 0. The van der Waals surface area contributed by atoms with Crippen molar-refractivity contribution in [3.05, 3.63) is 83.7 Å². The van der Waals surface area contributed by atoms with Crippen molar-refractivity contribution in [2.75, 3.05) is 0 Å². The number of aliphatic hydroxyl groups excluding tert-OH is 1. The molecular formula is C42H54GeIrNO2Se-. The van der Waals surface area contributed by atoms with Crippen LogP contribution in [0.3, 0.4) is 0 Å². The van der Waals surface area contributed by atoms with Crippen LogP contribution in [0.1, 0.15) is 86.6 Å². The summed E-state index contributed by atoms with van der Waals surface area (Å²) in [6.07, 6.45) is 6.65. The van der Waals surface area contributed by atoms with Gasteiger partial charge in [0.05, 0.1) is 5.76 Å². The van der Waals surface area contributed by atoms with Crippen molar-refractivity contribution in [2.45, 2.75) is 104 Å². The third kappa shape index (κ3) is 8.82. The Morgan fingerprint density at radius 3 is 2.17 bits per heavy atom. The Kier molecular flexibility index (Phi) is 13.6. The summed E-state index contributed by atoms with van der Waals surface area (Å²) in [4.78, 5) is 16.6. The molecule has 0 amide bonds. The Hall–Kier alpha value is -2.01. The van der Waals surface area contributed by atoms with Gasteiger partial charge in [0.15, 0.2) is 5.78 Å². The fourth-order valence-corrected chi connectivity index (χ4v) is 13.5. The van der Waals surface area contributed by atoms with Crippen LogP contribution in [0.25, 0.3) is 41.3 Å². The van der Waals surface area contributed by atoms with Gasteiger partial charge < -0.3 is 5.11 Å². The van der Waals surface area contributed by atoms with Gasteiger partial charge in [0, 0.05) is 38.0 Å². The van der Waals surface area contributed by atoms with Crippen molar-refractivity contribution in [3.63, 3.8) is 0 Å². The van der Waals surface area contributed by atoms with Gasteiger partial charge in [-0.3, -0.25) is 4.79 Å². The van der Waals surface area contributed by atoms with E-state index < -0.39 is 13.3 Å².